The molecule has 0 saturated carbocycles. The lowest BCUT2D eigenvalue weighted by atomic mass is 9.90. The first kappa shape index (κ1) is 20.1. The number of aromatic nitrogens is 6. The summed E-state index contributed by atoms with van der Waals surface area (Å²) in [5.41, 5.74) is 5.63. The van der Waals surface area contributed by atoms with Crippen LogP contribution in [0.3, 0.4) is 0 Å². The quantitative estimate of drug-likeness (QED) is 0.471. The first-order valence-corrected chi connectivity index (χ1v) is 11.5. The van der Waals surface area contributed by atoms with Gasteiger partial charge in [0, 0.05) is 56.1 Å². The predicted octanol–water partition coefficient (Wildman–Crippen LogP) is 3.64. The number of likely N-dealkylation sites (tertiary alicyclic amines) is 1. The van der Waals surface area contributed by atoms with E-state index in [1.165, 1.54) is 11.1 Å². The van der Waals surface area contributed by atoms with Gasteiger partial charge in [-0.25, -0.2) is 14.3 Å². The average molecular weight is 442 g/mol. The number of hydrogen-bond acceptors (Lipinski definition) is 6. The smallest absolute Gasteiger partial charge is 0.178 e. The van der Waals surface area contributed by atoms with Gasteiger partial charge in [0.25, 0.3) is 0 Å². The van der Waals surface area contributed by atoms with Crippen molar-refractivity contribution in [3.8, 4) is 23.0 Å². The molecule has 3 aromatic heterocycles. The molecule has 0 spiro atoms. The molecule has 2 aliphatic heterocycles. The molecule has 0 aliphatic carbocycles. The Morgan fingerprint density at radius 2 is 1.94 bits per heavy atom. The Kier molecular flexibility index (Phi) is 4.95. The lowest BCUT2D eigenvalue weighted by Gasteiger charge is -2.39. The molecule has 2 aliphatic rings. The fraction of sp³-hybridized carbons (Fsp3) is 0.360. The summed E-state index contributed by atoms with van der Waals surface area (Å²) < 4.78 is 10.0. The van der Waals surface area contributed by atoms with Crippen LogP contribution in [0.4, 0.5) is 0 Å². The summed E-state index contributed by atoms with van der Waals surface area (Å²) in [6, 6.07) is 13.1. The maximum absolute atomic E-state index is 6.06. The normalized spacial score (nSPS) is 16.1. The van der Waals surface area contributed by atoms with E-state index in [0.29, 0.717) is 12.5 Å². The summed E-state index contributed by atoms with van der Waals surface area (Å²) in [7, 11) is 0. The minimum absolute atomic E-state index is 0.222. The number of pyridine rings is 1. The van der Waals surface area contributed by atoms with Gasteiger partial charge in [-0.2, -0.15) is 10.2 Å². The Hall–Kier alpha value is -3.52. The molecule has 0 bridgehead atoms. The van der Waals surface area contributed by atoms with Crippen LogP contribution in [0.2, 0.25) is 0 Å². The van der Waals surface area contributed by atoms with E-state index in [1.54, 1.807) is 6.33 Å². The number of rotatable bonds is 5. The molecule has 0 atom stereocenters. The zero-order valence-electron chi connectivity index (χ0n) is 18.9. The maximum Gasteiger partial charge on any atom is 0.178 e. The van der Waals surface area contributed by atoms with Crippen molar-refractivity contribution in [3.05, 3.63) is 71.9 Å². The second kappa shape index (κ2) is 8.12. The van der Waals surface area contributed by atoms with Crippen molar-refractivity contribution in [3.63, 3.8) is 0 Å². The van der Waals surface area contributed by atoms with Crippen LogP contribution in [0.15, 0.2) is 55.1 Å². The van der Waals surface area contributed by atoms with Crippen molar-refractivity contribution in [2.24, 2.45) is 0 Å². The Balaban J connectivity index is 1.27. The third kappa shape index (κ3) is 3.70. The minimum atomic E-state index is 0.222. The first-order valence-electron chi connectivity index (χ1n) is 11.5. The lowest BCUT2D eigenvalue weighted by molar-refractivity contribution is 0.139. The summed E-state index contributed by atoms with van der Waals surface area (Å²) in [5.74, 6) is 2.20. The van der Waals surface area contributed by atoms with Gasteiger partial charge >= 0.3 is 0 Å². The average Bonchev–Trinajstić information content (AvgIpc) is 3.41. The molecule has 168 valence electrons. The molecule has 5 heterocycles. The third-order valence-corrected chi connectivity index (χ3v) is 6.49. The van der Waals surface area contributed by atoms with Crippen molar-refractivity contribution in [1.29, 1.82) is 0 Å². The highest BCUT2D eigenvalue weighted by Gasteiger charge is 2.29. The standard InChI is InChI=1S/C25H27N7O/c1-17(2)31-25(27-16-28-31)22-12-21-7-10-33-24-4-3-19(11-23(24)32(21)29-22)20-14-30(15-20)13-18-5-8-26-9-6-18/h3-6,8-9,11-12,16-17,20H,7,10,13-15H2,1-2H3. The van der Waals surface area contributed by atoms with Crippen LogP contribution < -0.4 is 4.74 Å². The molecule has 1 fully saturated rings. The van der Waals surface area contributed by atoms with E-state index in [2.05, 4.69) is 70.2 Å². The fourth-order valence-electron chi connectivity index (χ4n) is 4.72. The highest BCUT2D eigenvalue weighted by molar-refractivity contribution is 5.56. The molecule has 4 aromatic rings. The monoisotopic (exact) mass is 441 g/mol. The highest BCUT2D eigenvalue weighted by Crippen LogP contribution is 2.35. The van der Waals surface area contributed by atoms with E-state index in [1.807, 2.05) is 21.8 Å². The van der Waals surface area contributed by atoms with Crippen LogP contribution in [0.5, 0.6) is 5.75 Å². The molecular formula is C25H27N7O. The number of hydrogen-bond donors (Lipinski definition) is 0. The molecule has 0 N–H and O–H groups in total. The second-order valence-corrected chi connectivity index (χ2v) is 9.13. The van der Waals surface area contributed by atoms with Crippen LogP contribution in [0, 0.1) is 0 Å². The largest absolute Gasteiger partial charge is 0.491 e. The summed E-state index contributed by atoms with van der Waals surface area (Å²) in [5, 5.41) is 9.33. The molecule has 1 saturated heterocycles. The van der Waals surface area contributed by atoms with Crippen LogP contribution in [0.25, 0.3) is 17.2 Å². The lowest BCUT2D eigenvalue weighted by Crippen LogP contribution is -2.44. The Bertz CT molecular complexity index is 1270. The summed E-state index contributed by atoms with van der Waals surface area (Å²) in [6.07, 6.45) is 6.12. The molecule has 6 rings (SSSR count). The Labute approximate surface area is 192 Å². The molecular weight excluding hydrogens is 414 g/mol. The van der Waals surface area contributed by atoms with Gasteiger partial charge in [-0.1, -0.05) is 6.07 Å². The van der Waals surface area contributed by atoms with Gasteiger partial charge in [0.1, 0.15) is 23.5 Å². The Morgan fingerprint density at radius 1 is 1.09 bits per heavy atom. The van der Waals surface area contributed by atoms with Crippen LogP contribution in [-0.4, -0.2) is 54.1 Å². The van der Waals surface area contributed by atoms with Crippen LogP contribution in [-0.2, 0) is 13.0 Å². The van der Waals surface area contributed by atoms with Crippen molar-refractivity contribution in [1.82, 2.24) is 34.4 Å². The van der Waals surface area contributed by atoms with E-state index in [9.17, 15) is 0 Å². The molecule has 8 heteroatoms. The van der Waals surface area contributed by atoms with E-state index < -0.39 is 0 Å². The minimum Gasteiger partial charge on any atom is -0.491 e. The van der Waals surface area contributed by atoms with Crippen molar-refractivity contribution >= 4 is 0 Å². The van der Waals surface area contributed by atoms with Gasteiger partial charge in [0.05, 0.1) is 6.61 Å². The predicted molar refractivity (Wildman–Crippen MR) is 124 cm³/mol. The maximum atomic E-state index is 6.06. The summed E-state index contributed by atoms with van der Waals surface area (Å²) in [6.45, 7) is 7.91. The Morgan fingerprint density at radius 3 is 2.76 bits per heavy atom. The second-order valence-electron chi connectivity index (χ2n) is 9.13. The van der Waals surface area contributed by atoms with Crippen molar-refractivity contribution in [2.45, 2.75) is 38.8 Å². The molecule has 0 unspecified atom stereocenters. The van der Waals surface area contributed by atoms with Gasteiger partial charge in [-0.05, 0) is 55.3 Å². The van der Waals surface area contributed by atoms with Crippen LogP contribution in [0.1, 0.15) is 42.6 Å². The van der Waals surface area contributed by atoms with Gasteiger partial charge in [0.15, 0.2) is 5.82 Å². The molecule has 1 aromatic carbocycles. The van der Waals surface area contributed by atoms with Gasteiger partial charge in [-0.15, -0.1) is 0 Å². The number of benzene rings is 1. The van der Waals surface area contributed by atoms with E-state index in [0.717, 1.165) is 54.7 Å². The van der Waals surface area contributed by atoms with E-state index in [-0.39, 0.29) is 6.04 Å². The number of ether oxygens (including phenoxy) is 1. The summed E-state index contributed by atoms with van der Waals surface area (Å²) in [4.78, 5) is 11.1. The fourth-order valence-corrected chi connectivity index (χ4v) is 4.72. The van der Waals surface area contributed by atoms with E-state index in [4.69, 9.17) is 9.84 Å². The highest BCUT2D eigenvalue weighted by atomic mass is 16.5. The number of fused-ring (bicyclic) bond motifs is 3. The molecule has 0 amide bonds. The topological polar surface area (TPSA) is 73.9 Å². The molecule has 8 nitrogen and oxygen atoms in total. The molecule has 0 radical (unpaired) electrons. The molecule has 33 heavy (non-hydrogen) atoms. The zero-order chi connectivity index (χ0) is 22.4. The SMILES string of the molecule is CC(C)n1ncnc1-c1cc2n(n1)-c1cc(C3CN(Cc4ccncc4)C3)ccc1OCC2. The van der Waals surface area contributed by atoms with Crippen molar-refractivity contribution in [2.75, 3.05) is 19.7 Å². The van der Waals surface area contributed by atoms with Crippen LogP contribution >= 0.6 is 0 Å². The van der Waals surface area contributed by atoms with Gasteiger partial charge in [-0.3, -0.25) is 9.88 Å². The zero-order valence-corrected chi connectivity index (χ0v) is 18.9. The van der Waals surface area contributed by atoms with Gasteiger partial charge in [0.2, 0.25) is 0 Å². The van der Waals surface area contributed by atoms with Gasteiger partial charge < -0.3 is 4.74 Å². The number of nitrogens with zero attached hydrogens (tertiary/aromatic N) is 7. The third-order valence-electron chi connectivity index (χ3n) is 6.49. The summed E-state index contributed by atoms with van der Waals surface area (Å²) >= 11 is 0. The first-order chi connectivity index (χ1) is 16.2. The van der Waals surface area contributed by atoms with E-state index >= 15 is 0 Å². The van der Waals surface area contributed by atoms with Crippen molar-refractivity contribution < 1.29 is 4.74 Å².